The summed E-state index contributed by atoms with van der Waals surface area (Å²) in [6.07, 6.45) is -1.06. The number of nitrogens with zero attached hydrogens (tertiary/aromatic N) is 1. The van der Waals surface area contributed by atoms with Gasteiger partial charge in [0.15, 0.2) is 18.5 Å². The van der Waals surface area contributed by atoms with Gasteiger partial charge in [0.2, 0.25) is 0 Å². The van der Waals surface area contributed by atoms with Crippen LogP contribution in [0, 0.1) is 10.1 Å². The molecule has 1 aliphatic rings. The summed E-state index contributed by atoms with van der Waals surface area (Å²) in [6, 6.07) is 29.0. The molecule has 0 saturated carbocycles. The molecule has 0 radical (unpaired) electrons. The summed E-state index contributed by atoms with van der Waals surface area (Å²) in [5, 5.41) is 11.8. The summed E-state index contributed by atoms with van der Waals surface area (Å²) < 4.78 is 23.9. The van der Waals surface area contributed by atoms with Gasteiger partial charge in [0.1, 0.15) is 6.10 Å². The molecule has 0 N–H and O–H groups in total. The second-order valence-corrected chi connectivity index (χ2v) is 7.95. The van der Waals surface area contributed by atoms with Crippen LogP contribution in [0.15, 0.2) is 103 Å². The fraction of sp³-hybridized carbons (Fsp3) is 0.259. The van der Waals surface area contributed by atoms with Crippen LogP contribution in [0.1, 0.15) is 16.7 Å². The Balaban J connectivity index is 1.50. The van der Waals surface area contributed by atoms with Gasteiger partial charge >= 0.3 is 5.70 Å². The monoisotopic (exact) mass is 461 g/mol. The summed E-state index contributed by atoms with van der Waals surface area (Å²) in [5.74, 6) is 0. The third-order valence-electron chi connectivity index (χ3n) is 5.48. The maximum absolute atomic E-state index is 11.8. The Labute approximate surface area is 198 Å². The average Bonchev–Trinajstić information content (AvgIpc) is 2.88. The zero-order valence-electron chi connectivity index (χ0n) is 18.7. The lowest BCUT2D eigenvalue weighted by Crippen LogP contribution is -2.49. The summed E-state index contributed by atoms with van der Waals surface area (Å²) >= 11 is 0. The lowest BCUT2D eigenvalue weighted by molar-refractivity contribution is -0.447. The molecule has 176 valence electrons. The zero-order chi connectivity index (χ0) is 23.6. The Bertz CT molecular complexity index is 1060. The Kier molecular flexibility index (Phi) is 8.40. The van der Waals surface area contributed by atoms with E-state index in [2.05, 4.69) is 0 Å². The van der Waals surface area contributed by atoms with E-state index in [1.165, 1.54) is 0 Å². The van der Waals surface area contributed by atoms with Crippen molar-refractivity contribution in [3.8, 4) is 0 Å². The topological polar surface area (TPSA) is 80.1 Å². The quantitative estimate of drug-likeness (QED) is 0.299. The van der Waals surface area contributed by atoms with Crippen LogP contribution in [0.25, 0.3) is 0 Å². The molecule has 0 amide bonds. The fourth-order valence-electron chi connectivity index (χ4n) is 3.71. The van der Waals surface area contributed by atoms with Crippen molar-refractivity contribution in [2.24, 2.45) is 0 Å². The minimum Gasteiger partial charge on any atom is -0.486 e. The molecule has 0 fully saturated rings. The van der Waals surface area contributed by atoms with E-state index in [0.29, 0.717) is 6.61 Å². The summed E-state index contributed by atoms with van der Waals surface area (Å²) in [7, 11) is 0. The lowest BCUT2D eigenvalue weighted by atomic mass is 10.0. The van der Waals surface area contributed by atoms with Gasteiger partial charge in [-0.25, -0.2) is 0 Å². The van der Waals surface area contributed by atoms with Crippen molar-refractivity contribution < 1.29 is 23.9 Å². The van der Waals surface area contributed by atoms with Crippen molar-refractivity contribution in [1.29, 1.82) is 0 Å². The molecule has 0 aliphatic carbocycles. The highest BCUT2D eigenvalue weighted by Crippen LogP contribution is 2.27. The van der Waals surface area contributed by atoms with E-state index in [4.69, 9.17) is 18.9 Å². The Hall–Kier alpha value is -3.52. The predicted octanol–water partition coefficient (Wildman–Crippen LogP) is 4.89. The van der Waals surface area contributed by atoms with E-state index >= 15 is 0 Å². The summed E-state index contributed by atoms with van der Waals surface area (Å²) in [5.41, 5.74) is 2.72. The van der Waals surface area contributed by atoms with E-state index in [9.17, 15) is 10.1 Å². The van der Waals surface area contributed by atoms with Crippen LogP contribution in [0.2, 0.25) is 0 Å². The van der Waals surface area contributed by atoms with Crippen LogP contribution in [-0.2, 0) is 38.8 Å². The first-order valence-electron chi connectivity index (χ1n) is 11.1. The molecular weight excluding hydrogens is 434 g/mol. The molecule has 34 heavy (non-hydrogen) atoms. The molecule has 3 aromatic rings. The number of hydrogen-bond donors (Lipinski definition) is 0. The number of nitro groups is 1. The second kappa shape index (κ2) is 12.1. The Morgan fingerprint density at radius 1 is 0.735 bits per heavy atom. The molecule has 7 heteroatoms. The van der Waals surface area contributed by atoms with Gasteiger partial charge < -0.3 is 18.9 Å². The second-order valence-electron chi connectivity index (χ2n) is 7.95. The average molecular weight is 462 g/mol. The van der Waals surface area contributed by atoms with Gasteiger partial charge in [-0.15, -0.1) is 0 Å². The number of rotatable bonds is 11. The van der Waals surface area contributed by atoms with Crippen LogP contribution in [0.5, 0.6) is 0 Å². The van der Waals surface area contributed by atoms with Crippen LogP contribution in [0.4, 0.5) is 0 Å². The first-order chi connectivity index (χ1) is 16.7. The van der Waals surface area contributed by atoms with E-state index in [1.54, 1.807) is 0 Å². The van der Waals surface area contributed by atoms with Gasteiger partial charge in [-0.2, -0.15) is 0 Å². The van der Waals surface area contributed by atoms with Crippen molar-refractivity contribution in [2.45, 2.75) is 38.1 Å². The summed E-state index contributed by atoms with van der Waals surface area (Å²) in [4.78, 5) is 11.3. The normalized spacial score (nSPS) is 19.8. The number of hydrogen-bond acceptors (Lipinski definition) is 6. The Morgan fingerprint density at radius 2 is 1.24 bits per heavy atom. The van der Waals surface area contributed by atoms with Gasteiger partial charge in [-0.1, -0.05) is 91.0 Å². The SMILES string of the molecule is O=[N+]([O-])C1=COC(COCc2ccccc2)C(OCc2ccccc2)C1OCc1ccccc1. The van der Waals surface area contributed by atoms with Gasteiger partial charge in [0.25, 0.3) is 0 Å². The highest BCUT2D eigenvalue weighted by molar-refractivity contribution is 5.16. The van der Waals surface area contributed by atoms with Crippen molar-refractivity contribution in [2.75, 3.05) is 6.61 Å². The lowest BCUT2D eigenvalue weighted by Gasteiger charge is -2.34. The standard InChI is InChI=1S/C27H27NO6/c29-28(30)24-19-32-25(20-31-16-21-10-4-1-5-11-21)27(34-18-23-14-8-3-9-15-23)26(24)33-17-22-12-6-2-7-13-22/h1-15,19,25-27H,16-18,20H2. The molecular formula is C27H27NO6. The van der Waals surface area contributed by atoms with Gasteiger partial charge in [-0.05, 0) is 16.7 Å². The zero-order valence-corrected chi connectivity index (χ0v) is 18.7. The van der Waals surface area contributed by atoms with Crippen molar-refractivity contribution >= 4 is 0 Å². The minimum atomic E-state index is -0.919. The van der Waals surface area contributed by atoms with E-state index < -0.39 is 23.2 Å². The molecule has 7 nitrogen and oxygen atoms in total. The predicted molar refractivity (Wildman–Crippen MR) is 126 cm³/mol. The molecule has 3 aromatic carbocycles. The molecule has 0 spiro atoms. The van der Waals surface area contributed by atoms with Crippen molar-refractivity contribution in [3.05, 3.63) is 130 Å². The minimum absolute atomic E-state index is 0.173. The Morgan fingerprint density at radius 3 is 1.76 bits per heavy atom. The molecule has 0 saturated heterocycles. The molecule has 1 aliphatic heterocycles. The third kappa shape index (κ3) is 6.51. The first-order valence-corrected chi connectivity index (χ1v) is 11.1. The van der Waals surface area contributed by atoms with E-state index in [1.807, 2.05) is 91.0 Å². The van der Waals surface area contributed by atoms with Gasteiger partial charge in [0.05, 0.1) is 31.4 Å². The molecule has 4 rings (SSSR count). The number of benzene rings is 3. The molecule has 0 aromatic heterocycles. The highest BCUT2D eigenvalue weighted by Gasteiger charge is 2.44. The molecule has 3 atom stereocenters. The highest BCUT2D eigenvalue weighted by atomic mass is 16.6. The number of ether oxygens (including phenoxy) is 4. The van der Waals surface area contributed by atoms with Crippen LogP contribution >= 0.6 is 0 Å². The van der Waals surface area contributed by atoms with E-state index in [0.717, 1.165) is 23.0 Å². The first kappa shape index (κ1) is 23.6. The summed E-state index contributed by atoms with van der Waals surface area (Å²) in [6.45, 7) is 1.06. The van der Waals surface area contributed by atoms with Gasteiger partial charge in [0, 0.05) is 0 Å². The van der Waals surface area contributed by atoms with Crippen LogP contribution in [0.3, 0.4) is 0 Å². The molecule has 0 bridgehead atoms. The van der Waals surface area contributed by atoms with Crippen LogP contribution in [-0.4, -0.2) is 29.8 Å². The third-order valence-corrected chi connectivity index (χ3v) is 5.48. The molecule has 1 heterocycles. The fourth-order valence-corrected chi connectivity index (χ4v) is 3.71. The van der Waals surface area contributed by atoms with Crippen molar-refractivity contribution in [1.82, 2.24) is 0 Å². The molecule has 3 unspecified atom stereocenters. The largest absolute Gasteiger partial charge is 0.486 e. The van der Waals surface area contributed by atoms with Crippen LogP contribution < -0.4 is 0 Å². The smallest absolute Gasteiger partial charge is 0.311 e. The maximum Gasteiger partial charge on any atom is 0.311 e. The van der Waals surface area contributed by atoms with Gasteiger partial charge in [-0.3, -0.25) is 10.1 Å². The maximum atomic E-state index is 11.8. The van der Waals surface area contributed by atoms with Crippen molar-refractivity contribution in [3.63, 3.8) is 0 Å². The van der Waals surface area contributed by atoms with E-state index in [-0.39, 0.29) is 25.5 Å².